The molecule has 1 unspecified atom stereocenters. The van der Waals surface area contributed by atoms with Gasteiger partial charge in [0, 0.05) is 51.4 Å². The molecule has 0 aliphatic carbocycles. The monoisotopic (exact) mass is 352 g/mol. The summed E-state index contributed by atoms with van der Waals surface area (Å²) in [7, 11) is -2.87. The van der Waals surface area contributed by atoms with E-state index in [2.05, 4.69) is 15.2 Å². The SMILES string of the molecule is O=C(CCNC1CCS(=O)(=O)C1)N1CCN(c2ccccn2)CC1. The summed E-state index contributed by atoms with van der Waals surface area (Å²) in [6.45, 7) is 3.52. The lowest BCUT2D eigenvalue weighted by molar-refractivity contribution is -0.131. The fourth-order valence-electron chi connectivity index (χ4n) is 3.22. The van der Waals surface area contributed by atoms with E-state index in [9.17, 15) is 13.2 Å². The van der Waals surface area contributed by atoms with Crippen LogP contribution < -0.4 is 10.2 Å². The molecule has 7 nitrogen and oxygen atoms in total. The zero-order valence-corrected chi connectivity index (χ0v) is 14.5. The van der Waals surface area contributed by atoms with E-state index in [0.29, 0.717) is 32.5 Å². The molecule has 8 heteroatoms. The van der Waals surface area contributed by atoms with Crippen LogP contribution in [0.3, 0.4) is 0 Å². The smallest absolute Gasteiger partial charge is 0.223 e. The largest absolute Gasteiger partial charge is 0.353 e. The Morgan fingerprint density at radius 3 is 2.67 bits per heavy atom. The number of carbonyl (C=O) groups excluding carboxylic acids is 1. The Kier molecular flexibility index (Phi) is 5.35. The number of anilines is 1. The summed E-state index contributed by atoms with van der Waals surface area (Å²) in [6.07, 6.45) is 2.85. The van der Waals surface area contributed by atoms with Crippen molar-refractivity contribution >= 4 is 21.6 Å². The van der Waals surface area contributed by atoms with Gasteiger partial charge in [0.25, 0.3) is 0 Å². The average molecular weight is 352 g/mol. The third-order valence-electron chi connectivity index (χ3n) is 4.61. The summed E-state index contributed by atoms with van der Waals surface area (Å²) in [5, 5.41) is 3.19. The molecule has 0 spiro atoms. The van der Waals surface area contributed by atoms with Gasteiger partial charge in [-0.15, -0.1) is 0 Å². The fourth-order valence-corrected chi connectivity index (χ4v) is 4.93. The topological polar surface area (TPSA) is 82.6 Å². The normalized spacial score (nSPS) is 23.4. The molecule has 0 saturated carbocycles. The highest BCUT2D eigenvalue weighted by Crippen LogP contribution is 2.13. The van der Waals surface area contributed by atoms with Gasteiger partial charge in [-0.3, -0.25) is 4.79 Å². The summed E-state index contributed by atoms with van der Waals surface area (Å²) in [5.74, 6) is 1.54. The summed E-state index contributed by atoms with van der Waals surface area (Å²) in [6, 6.07) is 5.85. The number of hydrogen-bond acceptors (Lipinski definition) is 6. The standard InChI is InChI=1S/C16H24N4O3S/c21-16(4-7-17-14-5-12-24(22,23)13-14)20-10-8-19(9-11-20)15-3-1-2-6-18-15/h1-3,6,14,17H,4-5,7-13H2. The van der Waals surface area contributed by atoms with E-state index in [1.54, 1.807) is 6.20 Å². The highest BCUT2D eigenvalue weighted by molar-refractivity contribution is 7.91. The summed E-state index contributed by atoms with van der Waals surface area (Å²) >= 11 is 0. The van der Waals surface area contributed by atoms with Crippen molar-refractivity contribution in [2.24, 2.45) is 0 Å². The quantitative estimate of drug-likeness (QED) is 0.797. The number of sulfone groups is 1. The third kappa shape index (κ3) is 4.45. The number of nitrogens with one attached hydrogen (secondary N) is 1. The predicted octanol–water partition coefficient (Wildman–Crippen LogP) is -0.103. The molecule has 24 heavy (non-hydrogen) atoms. The van der Waals surface area contributed by atoms with Gasteiger partial charge in [0.15, 0.2) is 9.84 Å². The molecule has 0 bridgehead atoms. The maximum absolute atomic E-state index is 12.3. The molecule has 1 atom stereocenters. The van der Waals surface area contributed by atoms with Gasteiger partial charge in [0.2, 0.25) is 5.91 Å². The predicted molar refractivity (Wildman–Crippen MR) is 92.7 cm³/mol. The minimum absolute atomic E-state index is 0.00352. The molecule has 132 valence electrons. The highest BCUT2D eigenvalue weighted by atomic mass is 32.2. The lowest BCUT2D eigenvalue weighted by atomic mass is 10.2. The second kappa shape index (κ2) is 7.48. The number of amides is 1. The number of nitrogens with zero attached hydrogens (tertiary/aromatic N) is 3. The average Bonchev–Trinajstić information content (AvgIpc) is 2.94. The number of piperazine rings is 1. The fraction of sp³-hybridized carbons (Fsp3) is 0.625. The Labute approximate surface area is 143 Å². The van der Waals surface area contributed by atoms with Crippen LogP contribution in [-0.4, -0.2) is 74.5 Å². The van der Waals surface area contributed by atoms with E-state index in [1.807, 2.05) is 23.1 Å². The molecule has 2 aliphatic heterocycles. The van der Waals surface area contributed by atoms with Gasteiger partial charge in [-0.05, 0) is 18.6 Å². The number of rotatable bonds is 5. The lowest BCUT2D eigenvalue weighted by Crippen LogP contribution is -2.49. The van der Waals surface area contributed by atoms with E-state index >= 15 is 0 Å². The van der Waals surface area contributed by atoms with Crippen molar-refractivity contribution in [2.45, 2.75) is 18.9 Å². The van der Waals surface area contributed by atoms with Gasteiger partial charge < -0.3 is 15.1 Å². The second-order valence-electron chi connectivity index (χ2n) is 6.36. The first-order valence-corrected chi connectivity index (χ1v) is 10.2. The van der Waals surface area contributed by atoms with Gasteiger partial charge >= 0.3 is 0 Å². The Bertz CT molecular complexity index is 657. The van der Waals surface area contributed by atoms with Crippen LogP contribution >= 0.6 is 0 Å². The zero-order valence-electron chi connectivity index (χ0n) is 13.7. The van der Waals surface area contributed by atoms with Gasteiger partial charge in [-0.2, -0.15) is 0 Å². The van der Waals surface area contributed by atoms with Crippen molar-refractivity contribution in [2.75, 3.05) is 49.1 Å². The van der Waals surface area contributed by atoms with Crippen LogP contribution in [0, 0.1) is 0 Å². The van der Waals surface area contributed by atoms with Crippen molar-refractivity contribution in [1.29, 1.82) is 0 Å². The van der Waals surface area contributed by atoms with Crippen LogP contribution in [0.25, 0.3) is 0 Å². The first-order valence-electron chi connectivity index (χ1n) is 8.41. The molecule has 2 fully saturated rings. The van der Waals surface area contributed by atoms with Crippen molar-refractivity contribution in [3.8, 4) is 0 Å². The molecule has 0 radical (unpaired) electrons. The van der Waals surface area contributed by atoms with Crippen molar-refractivity contribution in [3.63, 3.8) is 0 Å². The Balaban J connectivity index is 1.38. The van der Waals surface area contributed by atoms with Gasteiger partial charge in [0.05, 0.1) is 11.5 Å². The van der Waals surface area contributed by atoms with E-state index in [1.165, 1.54) is 0 Å². The van der Waals surface area contributed by atoms with Crippen LogP contribution in [-0.2, 0) is 14.6 Å². The van der Waals surface area contributed by atoms with Crippen LogP contribution in [0.15, 0.2) is 24.4 Å². The molecule has 1 aromatic rings. The van der Waals surface area contributed by atoms with E-state index < -0.39 is 9.84 Å². The third-order valence-corrected chi connectivity index (χ3v) is 6.38. The van der Waals surface area contributed by atoms with Gasteiger partial charge in [-0.25, -0.2) is 13.4 Å². The van der Waals surface area contributed by atoms with Crippen LogP contribution in [0.5, 0.6) is 0 Å². The molecular formula is C16H24N4O3S. The summed E-state index contributed by atoms with van der Waals surface area (Å²) in [4.78, 5) is 20.7. The van der Waals surface area contributed by atoms with Gasteiger partial charge in [-0.1, -0.05) is 6.07 Å². The molecule has 1 N–H and O–H groups in total. The van der Waals surface area contributed by atoms with Crippen molar-refractivity contribution < 1.29 is 13.2 Å². The molecule has 3 rings (SSSR count). The van der Waals surface area contributed by atoms with Crippen LogP contribution in [0.4, 0.5) is 5.82 Å². The van der Waals surface area contributed by atoms with E-state index in [0.717, 1.165) is 18.9 Å². The minimum Gasteiger partial charge on any atom is -0.353 e. The van der Waals surface area contributed by atoms with Crippen molar-refractivity contribution in [3.05, 3.63) is 24.4 Å². The van der Waals surface area contributed by atoms with Crippen molar-refractivity contribution in [1.82, 2.24) is 15.2 Å². The van der Waals surface area contributed by atoms with Gasteiger partial charge in [0.1, 0.15) is 5.82 Å². The first-order chi connectivity index (χ1) is 11.5. The molecule has 2 aliphatic rings. The van der Waals surface area contributed by atoms with Crippen LogP contribution in [0.2, 0.25) is 0 Å². The Morgan fingerprint density at radius 1 is 1.25 bits per heavy atom. The molecule has 0 aromatic carbocycles. The Hall–Kier alpha value is -1.67. The molecular weight excluding hydrogens is 328 g/mol. The summed E-state index contributed by atoms with van der Waals surface area (Å²) < 4.78 is 22.8. The molecule has 1 aromatic heterocycles. The molecule has 3 heterocycles. The number of hydrogen-bond donors (Lipinski definition) is 1. The lowest BCUT2D eigenvalue weighted by Gasteiger charge is -2.35. The summed E-state index contributed by atoms with van der Waals surface area (Å²) in [5.41, 5.74) is 0. The highest BCUT2D eigenvalue weighted by Gasteiger charge is 2.27. The maximum Gasteiger partial charge on any atom is 0.223 e. The number of carbonyl (C=O) groups is 1. The molecule has 2 saturated heterocycles. The minimum atomic E-state index is -2.87. The first kappa shape index (κ1) is 17.2. The van der Waals surface area contributed by atoms with E-state index in [-0.39, 0.29) is 23.5 Å². The Morgan fingerprint density at radius 2 is 2.04 bits per heavy atom. The number of aromatic nitrogens is 1. The number of pyridine rings is 1. The molecule has 1 amide bonds. The van der Waals surface area contributed by atoms with Crippen LogP contribution in [0.1, 0.15) is 12.8 Å². The zero-order chi connectivity index (χ0) is 17.0. The second-order valence-corrected chi connectivity index (χ2v) is 8.59. The maximum atomic E-state index is 12.3. The van der Waals surface area contributed by atoms with E-state index in [4.69, 9.17) is 0 Å².